The van der Waals surface area contributed by atoms with Gasteiger partial charge in [-0.15, -0.1) is 23.1 Å². The van der Waals surface area contributed by atoms with Gasteiger partial charge in [-0.2, -0.15) is 0 Å². The number of hydrogen-bond donors (Lipinski definition) is 1. The van der Waals surface area contributed by atoms with Crippen molar-refractivity contribution < 1.29 is 9.59 Å². The number of carbonyl (C=O) groups excluding carboxylic acids is 2. The molecule has 2 aliphatic rings. The maximum absolute atomic E-state index is 12.8. The number of piperidine rings is 1. The van der Waals surface area contributed by atoms with Gasteiger partial charge in [-0.25, -0.2) is 9.78 Å². The Balaban J connectivity index is 1.36. The molecule has 2 saturated heterocycles. The summed E-state index contributed by atoms with van der Waals surface area (Å²) in [6.07, 6.45) is 5.88. The third-order valence-electron chi connectivity index (χ3n) is 5.56. The van der Waals surface area contributed by atoms with Crippen LogP contribution in [0.5, 0.6) is 0 Å². The SMILES string of the molecule is CSc1ccc(-c2csc(NC(=O)[C@@H]3CCCN(C(=O)N4CCCC4)C3)n2)cc1. The van der Waals surface area contributed by atoms with E-state index >= 15 is 0 Å². The van der Waals surface area contributed by atoms with Crippen molar-refractivity contribution in [2.24, 2.45) is 5.92 Å². The third-order valence-corrected chi connectivity index (χ3v) is 7.06. The van der Waals surface area contributed by atoms with Crippen LogP contribution in [-0.4, -0.2) is 59.2 Å². The molecule has 1 N–H and O–H groups in total. The van der Waals surface area contributed by atoms with Gasteiger partial charge in [0.25, 0.3) is 0 Å². The minimum atomic E-state index is -0.177. The molecule has 3 amide bonds. The van der Waals surface area contributed by atoms with Gasteiger partial charge < -0.3 is 15.1 Å². The molecule has 0 radical (unpaired) electrons. The molecule has 2 aliphatic heterocycles. The molecule has 0 saturated carbocycles. The van der Waals surface area contributed by atoms with Crippen LogP contribution in [0.15, 0.2) is 34.5 Å². The van der Waals surface area contributed by atoms with E-state index in [1.165, 1.54) is 16.2 Å². The Morgan fingerprint density at radius 3 is 2.55 bits per heavy atom. The highest BCUT2D eigenvalue weighted by Crippen LogP contribution is 2.28. The van der Waals surface area contributed by atoms with Gasteiger partial charge in [0.1, 0.15) is 0 Å². The molecule has 6 nitrogen and oxygen atoms in total. The second-order valence-corrected chi connectivity index (χ2v) is 9.26. The highest BCUT2D eigenvalue weighted by molar-refractivity contribution is 7.98. The monoisotopic (exact) mass is 430 g/mol. The highest BCUT2D eigenvalue weighted by atomic mass is 32.2. The average Bonchev–Trinajstić information content (AvgIpc) is 3.46. The van der Waals surface area contributed by atoms with E-state index < -0.39 is 0 Å². The normalized spacial score (nSPS) is 19.4. The predicted octanol–water partition coefficient (Wildman–Crippen LogP) is 4.40. The molecule has 29 heavy (non-hydrogen) atoms. The number of benzene rings is 1. The Kier molecular flexibility index (Phi) is 6.40. The molecule has 4 rings (SSSR count). The third kappa shape index (κ3) is 4.75. The first-order chi connectivity index (χ1) is 14.1. The molecule has 0 unspecified atom stereocenters. The zero-order valence-electron chi connectivity index (χ0n) is 16.6. The molecule has 154 valence electrons. The predicted molar refractivity (Wildman–Crippen MR) is 118 cm³/mol. The molecular formula is C21H26N4O2S2. The fourth-order valence-corrected chi connectivity index (χ4v) is 5.04. The first-order valence-electron chi connectivity index (χ1n) is 10.1. The van der Waals surface area contributed by atoms with Crippen molar-refractivity contribution in [3.8, 4) is 11.3 Å². The highest BCUT2D eigenvalue weighted by Gasteiger charge is 2.31. The second kappa shape index (κ2) is 9.17. The molecule has 3 heterocycles. The summed E-state index contributed by atoms with van der Waals surface area (Å²) in [6.45, 7) is 2.92. The Labute approximate surface area is 179 Å². The number of aromatic nitrogens is 1. The van der Waals surface area contributed by atoms with Crippen LogP contribution in [0.4, 0.5) is 9.93 Å². The van der Waals surface area contributed by atoms with E-state index in [9.17, 15) is 9.59 Å². The molecular weight excluding hydrogens is 404 g/mol. The fourth-order valence-electron chi connectivity index (χ4n) is 3.91. The van der Waals surface area contributed by atoms with Gasteiger partial charge in [-0.3, -0.25) is 4.79 Å². The van der Waals surface area contributed by atoms with Crippen LogP contribution in [0.25, 0.3) is 11.3 Å². The van der Waals surface area contributed by atoms with Gasteiger partial charge in [-0.05, 0) is 44.1 Å². The van der Waals surface area contributed by atoms with Gasteiger partial charge >= 0.3 is 6.03 Å². The van der Waals surface area contributed by atoms with Crippen molar-refractivity contribution in [2.75, 3.05) is 37.8 Å². The van der Waals surface area contributed by atoms with Crippen LogP contribution in [0.1, 0.15) is 25.7 Å². The van der Waals surface area contributed by atoms with E-state index in [0.29, 0.717) is 11.7 Å². The van der Waals surface area contributed by atoms with Gasteiger partial charge in [0.2, 0.25) is 5.91 Å². The number of anilines is 1. The molecule has 0 bridgehead atoms. The van der Waals surface area contributed by atoms with Crippen molar-refractivity contribution in [3.05, 3.63) is 29.6 Å². The van der Waals surface area contributed by atoms with E-state index in [1.807, 2.05) is 15.2 Å². The van der Waals surface area contributed by atoms with Crippen LogP contribution in [-0.2, 0) is 4.79 Å². The van der Waals surface area contributed by atoms with Crippen molar-refractivity contribution in [1.29, 1.82) is 0 Å². The van der Waals surface area contributed by atoms with Crippen molar-refractivity contribution >= 4 is 40.2 Å². The van der Waals surface area contributed by atoms with E-state index in [1.54, 1.807) is 11.8 Å². The number of amides is 3. The van der Waals surface area contributed by atoms with Gasteiger partial charge in [-0.1, -0.05) is 12.1 Å². The standard InChI is InChI=1S/C21H26N4O2S2/c1-28-17-8-6-15(7-9-17)18-14-29-20(22-18)23-19(26)16-5-4-12-25(13-16)21(27)24-10-2-3-11-24/h6-9,14,16H,2-5,10-13H2,1H3,(H,22,23,26)/t16-/m1/s1. The number of carbonyl (C=O) groups is 2. The van der Waals surface area contributed by atoms with Crippen molar-refractivity contribution in [3.63, 3.8) is 0 Å². The zero-order chi connectivity index (χ0) is 20.2. The Morgan fingerprint density at radius 2 is 1.83 bits per heavy atom. The zero-order valence-corrected chi connectivity index (χ0v) is 18.2. The second-order valence-electron chi connectivity index (χ2n) is 7.52. The smallest absolute Gasteiger partial charge is 0.320 e. The van der Waals surface area contributed by atoms with E-state index in [4.69, 9.17) is 0 Å². The van der Waals surface area contributed by atoms with Gasteiger partial charge in [0.05, 0.1) is 11.6 Å². The number of thiazole rings is 1. The average molecular weight is 431 g/mol. The number of hydrogen-bond acceptors (Lipinski definition) is 5. The van der Waals surface area contributed by atoms with Crippen LogP contribution < -0.4 is 5.32 Å². The number of nitrogens with zero attached hydrogens (tertiary/aromatic N) is 3. The topological polar surface area (TPSA) is 65.5 Å². The quantitative estimate of drug-likeness (QED) is 0.730. The fraction of sp³-hybridized carbons (Fsp3) is 0.476. The van der Waals surface area contributed by atoms with Gasteiger partial charge in [0, 0.05) is 42.0 Å². The maximum Gasteiger partial charge on any atom is 0.320 e. The largest absolute Gasteiger partial charge is 0.325 e. The summed E-state index contributed by atoms with van der Waals surface area (Å²) in [4.78, 5) is 35.0. The molecule has 0 spiro atoms. The Morgan fingerprint density at radius 1 is 1.10 bits per heavy atom. The van der Waals surface area contributed by atoms with E-state index in [2.05, 4.69) is 40.8 Å². The minimum Gasteiger partial charge on any atom is -0.325 e. The summed E-state index contributed by atoms with van der Waals surface area (Å²) in [7, 11) is 0. The number of urea groups is 1. The molecule has 1 aromatic carbocycles. The molecule has 2 fully saturated rings. The Bertz CT molecular complexity index is 862. The molecule has 1 atom stereocenters. The molecule has 2 aromatic rings. The van der Waals surface area contributed by atoms with Crippen LogP contribution in [0.2, 0.25) is 0 Å². The number of thioether (sulfide) groups is 1. The summed E-state index contributed by atoms with van der Waals surface area (Å²) < 4.78 is 0. The van der Waals surface area contributed by atoms with Crippen molar-refractivity contribution in [2.45, 2.75) is 30.6 Å². The molecule has 1 aromatic heterocycles. The maximum atomic E-state index is 12.8. The lowest BCUT2D eigenvalue weighted by Gasteiger charge is -2.34. The van der Waals surface area contributed by atoms with Crippen LogP contribution in [0, 0.1) is 5.92 Å². The van der Waals surface area contributed by atoms with Crippen LogP contribution >= 0.6 is 23.1 Å². The summed E-state index contributed by atoms with van der Waals surface area (Å²) in [5, 5.41) is 5.55. The lowest BCUT2D eigenvalue weighted by Crippen LogP contribution is -2.48. The first kappa shape index (κ1) is 20.2. The number of rotatable bonds is 4. The van der Waals surface area contributed by atoms with Gasteiger partial charge in [0.15, 0.2) is 5.13 Å². The molecule has 8 heteroatoms. The minimum absolute atomic E-state index is 0.0393. The number of nitrogens with one attached hydrogen (secondary N) is 1. The lowest BCUT2D eigenvalue weighted by atomic mass is 9.97. The summed E-state index contributed by atoms with van der Waals surface area (Å²) >= 11 is 3.14. The Hall–Kier alpha value is -2.06. The first-order valence-corrected chi connectivity index (χ1v) is 12.2. The van der Waals surface area contributed by atoms with E-state index in [0.717, 1.165) is 56.6 Å². The van der Waals surface area contributed by atoms with E-state index in [-0.39, 0.29) is 17.9 Å². The summed E-state index contributed by atoms with van der Waals surface area (Å²) in [6, 6.07) is 8.34. The van der Waals surface area contributed by atoms with Crippen LogP contribution in [0.3, 0.4) is 0 Å². The summed E-state index contributed by atoms with van der Waals surface area (Å²) in [5.74, 6) is -0.217. The van der Waals surface area contributed by atoms with Crippen molar-refractivity contribution in [1.82, 2.24) is 14.8 Å². The lowest BCUT2D eigenvalue weighted by molar-refractivity contribution is -0.121. The number of likely N-dealkylation sites (tertiary alicyclic amines) is 2. The molecule has 0 aliphatic carbocycles. The summed E-state index contributed by atoms with van der Waals surface area (Å²) in [5.41, 5.74) is 1.91.